The Kier molecular flexibility index (Phi) is 5.37. The zero-order chi connectivity index (χ0) is 17.8. The third kappa shape index (κ3) is 4.01. The van der Waals surface area contributed by atoms with E-state index in [1.54, 1.807) is 23.3 Å². The molecule has 4 atom stereocenters. The molecule has 0 saturated heterocycles. The maximum Gasteiger partial charge on any atom is 0.246 e. The van der Waals surface area contributed by atoms with Crippen molar-refractivity contribution in [1.29, 1.82) is 0 Å². The van der Waals surface area contributed by atoms with Crippen molar-refractivity contribution in [3.8, 4) is 11.3 Å². The van der Waals surface area contributed by atoms with E-state index < -0.39 is 18.2 Å². The van der Waals surface area contributed by atoms with E-state index in [-0.39, 0.29) is 18.4 Å². The van der Waals surface area contributed by atoms with E-state index in [9.17, 15) is 15.0 Å². The van der Waals surface area contributed by atoms with Crippen molar-refractivity contribution in [3.63, 3.8) is 0 Å². The molecular formula is C16H21N5O4. The van der Waals surface area contributed by atoms with Crippen LogP contribution < -0.4 is 5.32 Å². The van der Waals surface area contributed by atoms with Crippen molar-refractivity contribution in [3.05, 3.63) is 30.7 Å². The summed E-state index contributed by atoms with van der Waals surface area (Å²) in [4.78, 5) is 15.7. The number of aliphatic hydroxyl groups excluding tert-OH is 2. The predicted octanol–water partition coefficient (Wildman–Crippen LogP) is -0.787. The summed E-state index contributed by atoms with van der Waals surface area (Å²) in [7, 11) is 1.42. The normalized spacial score (nSPS) is 25.9. The van der Waals surface area contributed by atoms with Gasteiger partial charge in [0.2, 0.25) is 5.91 Å². The van der Waals surface area contributed by atoms with Crippen molar-refractivity contribution in [1.82, 2.24) is 25.3 Å². The van der Waals surface area contributed by atoms with Crippen LogP contribution in [0.2, 0.25) is 0 Å². The third-order valence-electron chi connectivity index (χ3n) is 4.34. The van der Waals surface area contributed by atoms with E-state index in [1.807, 2.05) is 12.1 Å². The minimum atomic E-state index is -1.02. The molecular weight excluding hydrogens is 326 g/mol. The topological polar surface area (TPSA) is 122 Å². The highest BCUT2D eigenvalue weighted by Gasteiger charge is 2.42. The molecule has 0 unspecified atom stereocenters. The largest absolute Gasteiger partial charge is 0.390 e. The molecule has 2 heterocycles. The molecule has 1 amide bonds. The Morgan fingerprint density at radius 1 is 1.44 bits per heavy atom. The third-order valence-corrected chi connectivity index (χ3v) is 4.34. The Bertz CT molecular complexity index is 708. The van der Waals surface area contributed by atoms with Gasteiger partial charge in [0.05, 0.1) is 18.3 Å². The van der Waals surface area contributed by atoms with E-state index in [0.717, 1.165) is 5.56 Å². The Balaban J connectivity index is 1.63. The standard InChI is InChI=1S/C16H21N5O4/c1-25-9-14(22)18-12-5-11(15(23)16(12)24)7-21-8-13(19-20-21)10-3-2-4-17-6-10/h2-4,6,8,11-12,15-16,23-24H,5,7,9H2,1H3,(H,18,22)/t11-,12-,15-,16+/m1/s1. The van der Waals surface area contributed by atoms with Gasteiger partial charge in [-0.1, -0.05) is 5.21 Å². The summed E-state index contributed by atoms with van der Waals surface area (Å²) in [5.41, 5.74) is 1.54. The first-order valence-corrected chi connectivity index (χ1v) is 8.03. The number of carbonyl (C=O) groups excluding carboxylic acids is 1. The van der Waals surface area contributed by atoms with E-state index in [0.29, 0.717) is 18.7 Å². The van der Waals surface area contributed by atoms with Crippen LogP contribution in [0.1, 0.15) is 6.42 Å². The highest BCUT2D eigenvalue weighted by atomic mass is 16.5. The van der Waals surface area contributed by atoms with Gasteiger partial charge in [0.25, 0.3) is 0 Å². The number of rotatable bonds is 6. The second-order valence-corrected chi connectivity index (χ2v) is 6.15. The van der Waals surface area contributed by atoms with Crippen LogP contribution in [-0.2, 0) is 16.1 Å². The summed E-state index contributed by atoms with van der Waals surface area (Å²) in [6.45, 7) is 0.309. The number of aliphatic hydroxyl groups is 2. The van der Waals surface area contributed by atoms with Crippen LogP contribution in [0.3, 0.4) is 0 Å². The van der Waals surface area contributed by atoms with Crippen LogP contribution in [0.5, 0.6) is 0 Å². The first-order chi connectivity index (χ1) is 12.1. The number of hydrogen-bond donors (Lipinski definition) is 3. The summed E-state index contributed by atoms with van der Waals surface area (Å²) in [5, 5.41) is 31.3. The minimum absolute atomic E-state index is 0.0818. The minimum Gasteiger partial charge on any atom is -0.390 e. The number of methoxy groups -OCH3 is 1. The maximum absolute atomic E-state index is 11.6. The van der Waals surface area contributed by atoms with Gasteiger partial charge in [0.15, 0.2) is 0 Å². The molecule has 25 heavy (non-hydrogen) atoms. The zero-order valence-electron chi connectivity index (χ0n) is 13.8. The SMILES string of the molecule is COCC(=O)N[C@@H]1C[C@H](Cn2cc(-c3cccnc3)nn2)[C@@H](O)[C@H]1O. The number of nitrogens with zero attached hydrogens (tertiary/aromatic N) is 4. The number of aromatic nitrogens is 4. The Labute approximate surface area is 144 Å². The molecule has 1 fully saturated rings. The molecule has 1 saturated carbocycles. The van der Waals surface area contributed by atoms with Crippen molar-refractivity contribution in [2.24, 2.45) is 5.92 Å². The average molecular weight is 347 g/mol. The first kappa shape index (κ1) is 17.5. The molecule has 9 nitrogen and oxygen atoms in total. The fraction of sp³-hybridized carbons (Fsp3) is 0.500. The lowest BCUT2D eigenvalue weighted by Gasteiger charge is -2.17. The van der Waals surface area contributed by atoms with Crippen LogP contribution >= 0.6 is 0 Å². The van der Waals surface area contributed by atoms with E-state index in [4.69, 9.17) is 4.74 Å². The van der Waals surface area contributed by atoms with Crippen LogP contribution in [0.15, 0.2) is 30.7 Å². The van der Waals surface area contributed by atoms with Crippen LogP contribution in [0, 0.1) is 5.92 Å². The van der Waals surface area contributed by atoms with Gasteiger partial charge >= 0.3 is 0 Å². The number of pyridine rings is 1. The van der Waals surface area contributed by atoms with Gasteiger partial charge in [-0.05, 0) is 18.6 Å². The summed E-state index contributed by atoms with van der Waals surface area (Å²) >= 11 is 0. The summed E-state index contributed by atoms with van der Waals surface area (Å²) in [5.74, 6) is -0.565. The molecule has 2 aromatic heterocycles. The first-order valence-electron chi connectivity index (χ1n) is 8.03. The van der Waals surface area contributed by atoms with Crippen LogP contribution in [0.25, 0.3) is 11.3 Å². The van der Waals surface area contributed by atoms with Gasteiger partial charge in [-0.2, -0.15) is 0 Å². The molecule has 134 valence electrons. The molecule has 1 aliphatic rings. The molecule has 2 aromatic rings. The van der Waals surface area contributed by atoms with Gasteiger partial charge in [-0.25, -0.2) is 0 Å². The molecule has 0 bridgehead atoms. The molecule has 9 heteroatoms. The molecule has 0 spiro atoms. The Morgan fingerprint density at radius 2 is 2.28 bits per heavy atom. The summed E-state index contributed by atoms with van der Waals surface area (Å²) < 4.78 is 6.39. The Morgan fingerprint density at radius 3 is 3.00 bits per heavy atom. The smallest absolute Gasteiger partial charge is 0.246 e. The summed E-state index contributed by atoms with van der Waals surface area (Å²) in [6, 6.07) is 3.19. The molecule has 0 aromatic carbocycles. The Hall–Kier alpha value is -2.36. The quantitative estimate of drug-likeness (QED) is 0.626. The highest BCUT2D eigenvalue weighted by Crippen LogP contribution is 2.28. The lowest BCUT2D eigenvalue weighted by Crippen LogP contribution is -2.44. The average Bonchev–Trinajstić information content (AvgIpc) is 3.17. The number of carbonyl (C=O) groups is 1. The maximum atomic E-state index is 11.6. The van der Waals surface area contributed by atoms with Crippen molar-refractivity contribution >= 4 is 5.91 Å². The van der Waals surface area contributed by atoms with Gasteiger partial charge in [-0.15, -0.1) is 5.10 Å². The molecule has 1 aliphatic carbocycles. The fourth-order valence-electron chi connectivity index (χ4n) is 3.10. The van der Waals surface area contributed by atoms with Gasteiger partial charge in [-0.3, -0.25) is 14.5 Å². The second-order valence-electron chi connectivity index (χ2n) is 6.15. The van der Waals surface area contributed by atoms with E-state index >= 15 is 0 Å². The molecule has 0 radical (unpaired) electrons. The number of nitrogens with one attached hydrogen (secondary N) is 1. The summed E-state index contributed by atoms with van der Waals surface area (Å²) in [6.07, 6.45) is 3.63. The van der Waals surface area contributed by atoms with Gasteiger partial charge in [0, 0.05) is 37.5 Å². The van der Waals surface area contributed by atoms with Crippen LogP contribution in [0.4, 0.5) is 0 Å². The molecule has 3 rings (SSSR count). The lowest BCUT2D eigenvalue weighted by molar-refractivity contribution is -0.126. The van der Waals surface area contributed by atoms with Crippen LogP contribution in [-0.4, -0.2) is 68.1 Å². The fourth-order valence-corrected chi connectivity index (χ4v) is 3.10. The highest BCUT2D eigenvalue weighted by molar-refractivity contribution is 5.77. The van der Waals surface area contributed by atoms with Gasteiger partial charge < -0.3 is 20.3 Å². The monoisotopic (exact) mass is 347 g/mol. The second kappa shape index (κ2) is 7.68. The van der Waals surface area contributed by atoms with Gasteiger partial charge in [0.1, 0.15) is 18.4 Å². The molecule has 0 aliphatic heterocycles. The lowest BCUT2D eigenvalue weighted by atomic mass is 10.1. The van der Waals surface area contributed by atoms with Crippen molar-refractivity contribution in [2.45, 2.75) is 31.2 Å². The van der Waals surface area contributed by atoms with Crippen molar-refractivity contribution < 1.29 is 19.7 Å². The zero-order valence-corrected chi connectivity index (χ0v) is 13.8. The molecule has 3 N–H and O–H groups in total. The number of ether oxygens (including phenoxy) is 1. The van der Waals surface area contributed by atoms with Crippen molar-refractivity contribution in [2.75, 3.05) is 13.7 Å². The number of hydrogen-bond acceptors (Lipinski definition) is 7. The number of amides is 1. The van der Waals surface area contributed by atoms with E-state index in [2.05, 4.69) is 20.6 Å². The van der Waals surface area contributed by atoms with E-state index in [1.165, 1.54) is 7.11 Å². The predicted molar refractivity (Wildman–Crippen MR) is 87.2 cm³/mol.